The maximum absolute atomic E-state index is 13.6. The van der Waals surface area contributed by atoms with Crippen molar-refractivity contribution in [2.24, 2.45) is 0 Å². The number of carbonyl (C=O) groups excluding carboxylic acids is 2. The predicted molar refractivity (Wildman–Crippen MR) is 141 cm³/mol. The zero-order valence-electron chi connectivity index (χ0n) is 21.4. The number of nitrogens with one attached hydrogen (secondary N) is 1. The first kappa shape index (κ1) is 29.3. The second-order valence-electron chi connectivity index (χ2n) is 8.45. The number of anilines is 1. The van der Waals surface area contributed by atoms with Crippen LogP contribution in [-0.4, -0.2) is 64.2 Å². The Hall–Kier alpha value is -2.98. The lowest BCUT2D eigenvalue weighted by atomic mass is 10.1. The molecule has 0 fully saturated rings. The fraction of sp³-hybridized carbons (Fsp3) is 0.440. The number of hydrogen-bond acceptors (Lipinski definition) is 6. The van der Waals surface area contributed by atoms with Gasteiger partial charge >= 0.3 is 0 Å². The van der Waals surface area contributed by atoms with Crippen LogP contribution >= 0.6 is 11.6 Å². The van der Waals surface area contributed by atoms with Gasteiger partial charge in [-0.2, -0.15) is 0 Å². The van der Waals surface area contributed by atoms with Crippen molar-refractivity contribution < 1.29 is 27.5 Å². The molecule has 0 aliphatic heterocycles. The molecule has 0 unspecified atom stereocenters. The number of carbonyl (C=O) groups is 2. The Balaban J connectivity index is 2.45. The predicted octanol–water partition coefficient (Wildman–Crippen LogP) is 3.46. The van der Waals surface area contributed by atoms with E-state index in [0.29, 0.717) is 5.75 Å². The number of benzene rings is 2. The van der Waals surface area contributed by atoms with Crippen LogP contribution in [0.25, 0.3) is 0 Å². The minimum atomic E-state index is -3.92. The first-order chi connectivity index (χ1) is 16.9. The molecular formula is C25H34ClN3O6S. The van der Waals surface area contributed by atoms with Gasteiger partial charge in [0.25, 0.3) is 0 Å². The Morgan fingerprint density at radius 1 is 1.06 bits per heavy atom. The van der Waals surface area contributed by atoms with Crippen LogP contribution in [0.1, 0.15) is 32.8 Å². The molecule has 2 aromatic rings. The average Bonchev–Trinajstić information content (AvgIpc) is 2.84. The summed E-state index contributed by atoms with van der Waals surface area (Å²) in [5, 5.41) is 3.17. The Morgan fingerprint density at radius 2 is 1.69 bits per heavy atom. The van der Waals surface area contributed by atoms with Crippen molar-refractivity contribution >= 4 is 39.1 Å². The molecule has 2 aromatic carbocycles. The second kappa shape index (κ2) is 12.8. The van der Waals surface area contributed by atoms with Gasteiger partial charge < -0.3 is 19.7 Å². The maximum Gasteiger partial charge on any atom is 0.244 e. The molecule has 2 atom stereocenters. The van der Waals surface area contributed by atoms with Gasteiger partial charge in [0.1, 0.15) is 24.1 Å². The lowest BCUT2D eigenvalue weighted by Crippen LogP contribution is -2.52. The fourth-order valence-corrected chi connectivity index (χ4v) is 4.44. The molecule has 198 valence electrons. The van der Waals surface area contributed by atoms with Gasteiger partial charge in [-0.25, -0.2) is 8.42 Å². The van der Waals surface area contributed by atoms with Crippen LogP contribution in [0.4, 0.5) is 5.69 Å². The molecule has 0 heterocycles. The monoisotopic (exact) mass is 539 g/mol. The standard InChI is InChI=1S/C25H34ClN3O6S/c1-7-17(2)27-25(31)18(3)28(15-19-8-11-21(34-4)12-9-19)24(30)16-29(36(6,32)33)22-14-20(26)10-13-23(22)35-5/h8-14,17-18H,7,15-16H2,1-6H3,(H,27,31)/t17-,18-/m0/s1. The fourth-order valence-electron chi connectivity index (χ4n) is 3.43. The lowest BCUT2D eigenvalue weighted by molar-refractivity contribution is -0.139. The number of sulfonamides is 1. The summed E-state index contributed by atoms with van der Waals surface area (Å²) < 4.78 is 36.9. The topological polar surface area (TPSA) is 105 Å². The highest BCUT2D eigenvalue weighted by atomic mass is 35.5. The summed E-state index contributed by atoms with van der Waals surface area (Å²) in [6.07, 6.45) is 1.72. The zero-order chi connectivity index (χ0) is 27.0. The number of rotatable bonds is 12. The molecule has 0 saturated carbocycles. The lowest BCUT2D eigenvalue weighted by Gasteiger charge is -2.32. The van der Waals surface area contributed by atoms with E-state index >= 15 is 0 Å². The molecule has 2 rings (SSSR count). The van der Waals surface area contributed by atoms with Crippen LogP contribution in [0.2, 0.25) is 5.02 Å². The molecule has 11 heteroatoms. The average molecular weight is 540 g/mol. The van der Waals surface area contributed by atoms with E-state index in [1.807, 2.05) is 13.8 Å². The molecule has 0 saturated heterocycles. The van der Waals surface area contributed by atoms with Crippen LogP contribution in [0.15, 0.2) is 42.5 Å². The molecule has 0 aliphatic carbocycles. The number of halogens is 1. The highest BCUT2D eigenvalue weighted by Crippen LogP contribution is 2.33. The minimum absolute atomic E-state index is 0.0823. The van der Waals surface area contributed by atoms with Crippen LogP contribution in [-0.2, 0) is 26.2 Å². The van der Waals surface area contributed by atoms with Gasteiger partial charge in [-0.05, 0) is 56.2 Å². The summed E-state index contributed by atoms with van der Waals surface area (Å²) in [6.45, 7) is 4.97. The second-order valence-corrected chi connectivity index (χ2v) is 10.8. The zero-order valence-corrected chi connectivity index (χ0v) is 23.0. The number of hydrogen-bond donors (Lipinski definition) is 1. The summed E-state index contributed by atoms with van der Waals surface area (Å²) in [6, 6.07) is 10.6. The third-order valence-corrected chi connectivity index (χ3v) is 7.13. The highest BCUT2D eigenvalue weighted by molar-refractivity contribution is 7.92. The molecule has 0 aliphatic rings. The van der Waals surface area contributed by atoms with Gasteiger partial charge in [0.2, 0.25) is 21.8 Å². The van der Waals surface area contributed by atoms with Crippen molar-refractivity contribution in [1.82, 2.24) is 10.2 Å². The smallest absolute Gasteiger partial charge is 0.244 e. The van der Waals surface area contributed by atoms with Crippen LogP contribution in [0.5, 0.6) is 11.5 Å². The van der Waals surface area contributed by atoms with E-state index in [2.05, 4.69) is 5.32 Å². The van der Waals surface area contributed by atoms with Gasteiger partial charge in [-0.1, -0.05) is 30.7 Å². The normalized spacial score (nSPS) is 12.9. The van der Waals surface area contributed by atoms with Crippen molar-refractivity contribution in [1.29, 1.82) is 0 Å². The van der Waals surface area contributed by atoms with Crippen LogP contribution in [0.3, 0.4) is 0 Å². The van der Waals surface area contributed by atoms with Crippen molar-refractivity contribution in [3.63, 3.8) is 0 Å². The van der Waals surface area contributed by atoms with Crippen molar-refractivity contribution in [3.05, 3.63) is 53.1 Å². The molecule has 36 heavy (non-hydrogen) atoms. The van der Waals surface area contributed by atoms with Gasteiger partial charge in [0, 0.05) is 17.6 Å². The summed E-state index contributed by atoms with van der Waals surface area (Å²) in [4.78, 5) is 27.9. The number of amides is 2. The SMILES string of the molecule is CC[C@H](C)NC(=O)[C@H](C)N(Cc1ccc(OC)cc1)C(=O)CN(c1cc(Cl)ccc1OC)S(C)(=O)=O. The third kappa shape index (κ3) is 7.76. The highest BCUT2D eigenvalue weighted by Gasteiger charge is 2.31. The van der Waals surface area contributed by atoms with Crippen molar-refractivity contribution in [2.75, 3.05) is 31.3 Å². The first-order valence-electron chi connectivity index (χ1n) is 11.4. The molecule has 1 N–H and O–H groups in total. The minimum Gasteiger partial charge on any atom is -0.497 e. The number of methoxy groups -OCH3 is 2. The van der Waals surface area contributed by atoms with Gasteiger partial charge in [-0.15, -0.1) is 0 Å². The number of ether oxygens (including phenoxy) is 2. The van der Waals surface area contributed by atoms with E-state index in [4.69, 9.17) is 21.1 Å². The third-order valence-electron chi connectivity index (χ3n) is 5.77. The summed E-state index contributed by atoms with van der Waals surface area (Å²) in [5.74, 6) is -0.0140. The molecule has 0 bridgehead atoms. The Kier molecular flexibility index (Phi) is 10.4. The Labute approximate surface area is 218 Å². The van der Waals surface area contributed by atoms with Gasteiger partial charge in [0.15, 0.2) is 0 Å². The van der Waals surface area contributed by atoms with Gasteiger partial charge in [0.05, 0.1) is 26.2 Å². The molecule has 0 aromatic heterocycles. The van der Waals surface area contributed by atoms with E-state index in [-0.39, 0.29) is 35.0 Å². The van der Waals surface area contributed by atoms with Crippen LogP contribution in [0, 0.1) is 0 Å². The largest absolute Gasteiger partial charge is 0.497 e. The van der Waals surface area contributed by atoms with Crippen molar-refractivity contribution in [3.8, 4) is 11.5 Å². The molecule has 9 nitrogen and oxygen atoms in total. The molecular weight excluding hydrogens is 506 g/mol. The van der Waals surface area contributed by atoms with E-state index < -0.39 is 28.5 Å². The maximum atomic E-state index is 13.6. The van der Waals surface area contributed by atoms with E-state index in [1.54, 1.807) is 44.4 Å². The summed E-state index contributed by atoms with van der Waals surface area (Å²) >= 11 is 6.12. The van der Waals surface area contributed by atoms with Crippen LogP contribution < -0.4 is 19.1 Å². The summed E-state index contributed by atoms with van der Waals surface area (Å²) in [5.41, 5.74) is 0.875. The molecule has 0 spiro atoms. The van der Waals surface area contributed by atoms with E-state index in [1.165, 1.54) is 24.1 Å². The summed E-state index contributed by atoms with van der Waals surface area (Å²) in [7, 11) is -0.970. The Bertz CT molecular complexity index is 1160. The molecule has 2 amide bonds. The molecule has 0 radical (unpaired) electrons. The Morgan fingerprint density at radius 3 is 2.22 bits per heavy atom. The van der Waals surface area contributed by atoms with E-state index in [9.17, 15) is 18.0 Å². The quantitative estimate of drug-likeness (QED) is 0.443. The van der Waals surface area contributed by atoms with Crippen molar-refractivity contribution in [2.45, 2.75) is 45.8 Å². The number of nitrogens with zero attached hydrogens (tertiary/aromatic N) is 2. The first-order valence-corrected chi connectivity index (χ1v) is 13.7. The van der Waals surface area contributed by atoms with Gasteiger partial charge in [-0.3, -0.25) is 13.9 Å². The van der Waals surface area contributed by atoms with E-state index in [0.717, 1.165) is 22.5 Å².